The minimum atomic E-state index is -3.64. The summed E-state index contributed by atoms with van der Waals surface area (Å²) in [4.78, 5) is 25.6. The maximum atomic E-state index is 12.9. The van der Waals surface area contributed by atoms with Crippen molar-refractivity contribution in [2.24, 2.45) is 7.05 Å². The Bertz CT molecular complexity index is 808. The Morgan fingerprint density at radius 2 is 1.84 bits per heavy atom. The van der Waals surface area contributed by atoms with Gasteiger partial charge in [0.05, 0.1) is 11.4 Å². The number of hydrogen-bond donors (Lipinski definition) is 1. The summed E-state index contributed by atoms with van der Waals surface area (Å²) >= 11 is 0. The van der Waals surface area contributed by atoms with Gasteiger partial charge in [0.15, 0.2) is 0 Å². The number of amides is 2. The molecular weight excluding hydrogens is 346 g/mol. The van der Waals surface area contributed by atoms with Gasteiger partial charge in [-0.25, -0.2) is 8.42 Å². The van der Waals surface area contributed by atoms with Gasteiger partial charge in [0.1, 0.15) is 10.9 Å². The Morgan fingerprint density at radius 3 is 2.32 bits per heavy atom. The van der Waals surface area contributed by atoms with Crippen LogP contribution in [-0.2, 0) is 26.7 Å². The van der Waals surface area contributed by atoms with Crippen LogP contribution in [0.4, 0.5) is 0 Å². The molecule has 0 saturated carbocycles. The second-order valence-electron chi connectivity index (χ2n) is 6.51. The standard InChI is InChI=1S/C15H23N5O4S/c1-10-14(11(2)18(3)17-10)25(23,24)20-8-6-19(7-9-20)15(22)12-4-5-13(21)16-12/h12H,4-9H2,1-3H3,(H,16,21). The van der Waals surface area contributed by atoms with Crippen LogP contribution in [0.15, 0.2) is 4.90 Å². The van der Waals surface area contributed by atoms with E-state index in [-0.39, 0.29) is 29.8 Å². The molecule has 1 N–H and O–H groups in total. The molecule has 138 valence electrons. The van der Waals surface area contributed by atoms with E-state index in [0.717, 1.165) is 0 Å². The highest BCUT2D eigenvalue weighted by atomic mass is 32.2. The van der Waals surface area contributed by atoms with Crippen LogP contribution in [0.3, 0.4) is 0 Å². The van der Waals surface area contributed by atoms with Gasteiger partial charge in [-0.2, -0.15) is 9.40 Å². The van der Waals surface area contributed by atoms with E-state index in [1.807, 2.05) is 0 Å². The van der Waals surface area contributed by atoms with Gasteiger partial charge in [-0.05, 0) is 20.3 Å². The number of carbonyl (C=O) groups is 2. The Balaban J connectivity index is 1.69. The SMILES string of the molecule is Cc1nn(C)c(C)c1S(=O)(=O)N1CCN(C(=O)C2CCC(=O)N2)CC1. The van der Waals surface area contributed by atoms with Crippen LogP contribution in [0, 0.1) is 13.8 Å². The van der Waals surface area contributed by atoms with Crippen LogP contribution < -0.4 is 5.32 Å². The molecule has 2 fully saturated rings. The molecule has 2 saturated heterocycles. The number of carbonyl (C=O) groups excluding carboxylic acids is 2. The summed E-state index contributed by atoms with van der Waals surface area (Å²) in [5.41, 5.74) is 1.08. The molecule has 9 nitrogen and oxygen atoms in total. The van der Waals surface area contributed by atoms with Crippen molar-refractivity contribution in [3.8, 4) is 0 Å². The van der Waals surface area contributed by atoms with E-state index in [4.69, 9.17) is 0 Å². The zero-order valence-electron chi connectivity index (χ0n) is 14.7. The second-order valence-corrected chi connectivity index (χ2v) is 8.39. The van der Waals surface area contributed by atoms with Gasteiger partial charge < -0.3 is 10.2 Å². The van der Waals surface area contributed by atoms with E-state index in [9.17, 15) is 18.0 Å². The zero-order valence-corrected chi connectivity index (χ0v) is 15.5. The van der Waals surface area contributed by atoms with Crippen LogP contribution in [0.5, 0.6) is 0 Å². The van der Waals surface area contributed by atoms with Crippen molar-refractivity contribution in [3.05, 3.63) is 11.4 Å². The Hall–Kier alpha value is -1.94. The lowest BCUT2D eigenvalue weighted by Crippen LogP contribution is -2.54. The molecule has 1 aromatic heterocycles. The van der Waals surface area contributed by atoms with Crippen LogP contribution >= 0.6 is 0 Å². The van der Waals surface area contributed by atoms with Crippen molar-refractivity contribution in [3.63, 3.8) is 0 Å². The Kier molecular flexibility index (Phi) is 4.58. The van der Waals surface area contributed by atoms with Gasteiger partial charge in [-0.15, -0.1) is 0 Å². The molecule has 2 amide bonds. The minimum Gasteiger partial charge on any atom is -0.344 e. The monoisotopic (exact) mass is 369 g/mol. The topological polar surface area (TPSA) is 105 Å². The molecule has 2 aliphatic rings. The predicted molar refractivity (Wildman–Crippen MR) is 89.2 cm³/mol. The third kappa shape index (κ3) is 3.15. The first kappa shape index (κ1) is 17.9. The smallest absolute Gasteiger partial charge is 0.246 e. The second kappa shape index (κ2) is 6.41. The van der Waals surface area contributed by atoms with Crippen molar-refractivity contribution in [1.29, 1.82) is 0 Å². The molecule has 1 unspecified atom stereocenters. The van der Waals surface area contributed by atoms with Gasteiger partial charge in [0.2, 0.25) is 21.8 Å². The number of aromatic nitrogens is 2. The number of piperazine rings is 1. The van der Waals surface area contributed by atoms with E-state index in [1.54, 1.807) is 30.5 Å². The van der Waals surface area contributed by atoms with Crippen molar-refractivity contribution in [1.82, 2.24) is 24.3 Å². The number of sulfonamides is 1. The molecule has 3 heterocycles. The molecule has 0 radical (unpaired) electrons. The first-order valence-electron chi connectivity index (χ1n) is 8.30. The fraction of sp³-hybridized carbons (Fsp3) is 0.667. The number of rotatable bonds is 3. The quantitative estimate of drug-likeness (QED) is 0.747. The molecule has 2 aliphatic heterocycles. The number of nitrogens with zero attached hydrogens (tertiary/aromatic N) is 4. The lowest BCUT2D eigenvalue weighted by Gasteiger charge is -2.35. The molecule has 3 rings (SSSR count). The Morgan fingerprint density at radius 1 is 1.20 bits per heavy atom. The normalized spacial score (nSPS) is 22.3. The van der Waals surface area contributed by atoms with E-state index in [0.29, 0.717) is 37.3 Å². The van der Waals surface area contributed by atoms with Crippen molar-refractivity contribution < 1.29 is 18.0 Å². The summed E-state index contributed by atoms with van der Waals surface area (Å²) in [5.74, 6) is -0.237. The van der Waals surface area contributed by atoms with Crippen LogP contribution in [0.1, 0.15) is 24.2 Å². The number of hydrogen-bond acceptors (Lipinski definition) is 5. The third-order valence-corrected chi connectivity index (χ3v) is 7.04. The van der Waals surface area contributed by atoms with E-state index in [2.05, 4.69) is 10.4 Å². The summed E-state index contributed by atoms with van der Waals surface area (Å²) in [6.07, 6.45) is 0.870. The summed E-state index contributed by atoms with van der Waals surface area (Å²) in [6, 6.07) is -0.474. The lowest BCUT2D eigenvalue weighted by molar-refractivity contribution is -0.135. The van der Waals surface area contributed by atoms with E-state index >= 15 is 0 Å². The molecule has 10 heteroatoms. The van der Waals surface area contributed by atoms with Crippen LogP contribution in [-0.4, -0.2) is 71.4 Å². The lowest BCUT2D eigenvalue weighted by atomic mass is 10.2. The summed E-state index contributed by atoms with van der Waals surface area (Å²) in [5, 5.41) is 6.84. The number of nitrogens with one attached hydrogen (secondary N) is 1. The van der Waals surface area contributed by atoms with Gasteiger partial charge in [0, 0.05) is 39.6 Å². The average Bonchev–Trinajstić information content (AvgIpc) is 3.10. The molecule has 25 heavy (non-hydrogen) atoms. The fourth-order valence-electron chi connectivity index (χ4n) is 3.43. The van der Waals surface area contributed by atoms with Gasteiger partial charge in [-0.1, -0.05) is 0 Å². The van der Waals surface area contributed by atoms with Crippen molar-refractivity contribution in [2.45, 2.75) is 37.6 Å². The average molecular weight is 369 g/mol. The predicted octanol–water partition coefficient (Wildman–Crippen LogP) is -0.852. The highest BCUT2D eigenvalue weighted by Crippen LogP contribution is 2.24. The minimum absolute atomic E-state index is 0.109. The number of aryl methyl sites for hydroxylation is 2. The molecule has 1 aromatic rings. The molecule has 1 atom stereocenters. The summed E-state index contributed by atoms with van der Waals surface area (Å²) in [6.45, 7) is 4.54. The zero-order chi connectivity index (χ0) is 18.4. The van der Waals surface area contributed by atoms with Gasteiger partial charge in [0.25, 0.3) is 0 Å². The van der Waals surface area contributed by atoms with Crippen molar-refractivity contribution in [2.75, 3.05) is 26.2 Å². The van der Waals surface area contributed by atoms with Crippen LogP contribution in [0.25, 0.3) is 0 Å². The van der Waals surface area contributed by atoms with E-state index in [1.165, 1.54) is 4.31 Å². The van der Waals surface area contributed by atoms with E-state index < -0.39 is 16.1 Å². The first-order valence-corrected chi connectivity index (χ1v) is 9.74. The molecular formula is C15H23N5O4S. The fourth-order valence-corrected chi connectivity index (χ4v) is 5.25. The highest BCUT2D eigenvalue weighted by Gasteiger charge is 2.36. The molecule has 0 spiro atoms. The maximum absolute atomic E-state index is 12.9. The van der Waals surface area contributed by atoms with Gasteiger partial charge >= 0.3 is 0 Å². The Labute approximate surface area is 147 Å². The van der Waals surface area contributed by atoms with Gasteiger partial charge in [-0.3, -0.25) is 14.3 Å². The maximum Gasteiger partial charge on any atom is 0.246 e. The highest BCUT2D eigenvalue weighted by molar-refractivity contribution is 7.89. The largest absolute Gasteiger partial charge is 0.344 e. The van der Waals surface area contributed by atoms with Crippen molar-refractivity contribution >= 4 is 21.8 Å². The summed E-state index contributed by atoms with van der Waals surface area (Å²) in [7, 11) is -1.92. The molecule has 0 aromatic carbocycles. The van der Waals surface area contributed by atoms with Crippen LogP contribution in [0.2, 0.25) is 0 Å². The molecule has 0 aliphatic carbocycles. The molecule has 0 bridgehead atoms. The third-order valence-electron chi connectivity index (χ3n) is 4.88. The first-order chi connectivity index (χ1) is 11.7. The summed E-state index contributed by atoms with van der Waals surface area (Å²) < 4.78 is 28.8.